The number of anilines is 2. The van der Waals surface area contributed by atoms with Gasteiger partial charge in [-0.1, -0.05) is 0 Å². The van der Waals surface area contributed by atoms with Gasteiger partial charge in [0.25, 0.3) is 0 Å². The lowest BCUT2D eigenvalue weighted by Gasteiger charge is -2.10. The number of aromatic nitrogens is 4. The first kappa shape index (κ1) is 21.8. The Balaban J connectivity index is 1.35. The molecule has 0 saturated carbocycles. The van der Waals surface area contributed by atoms with Crippen LogP contribution in [0.1, 0.15) is 5.56 Å². The van der Waals surface area contributed by atoms with Gasteiger partial charge in [0.1, 0.15) is 12.1 Å². The fourth-order valence-corrected chi connectivity index (χ4v) is 2.87. The number of carbonyl (C=O) groups excluding carboxylic acids is 1. The van der Waals surface area contributed by atoms with E-state index < -0.39 is 17.8 Å². The van der Waals surface area contributed by atoms with E-state index in [0.29, 0.717) is 23.0 Å². The van der Waals surface area contributed by atoms with Crippen LogP contribution in [0.5, 0.6) is 11.6 Å². The number of amides is 2. The fraction of sp³-hybridized carbons (Fsp3) is 0.0909. The highest BCUT2D eigenvalue weighted by Crippen LogP contribution is 2.30. The van der Waals surface area contributed by atoms with Crippen LogP contribution in [-0.2, 0) is 13.2 Å². The molecule has 0 atom stereocenters. The molecule has 0 saturated heterocycles. The van der Waals surface area contributed by atoms with Crippen LogP contribution in [0.15, 0.2) is 73.3 Å². The molecule has 33 heavy (non-hydrogen) atoms. The molecule has 168 valence electrons. The van der Waals surface area contributed by atoms with E-state index >= 15 is 0 Å². The average Bonchev–Trinajstić information content (AvgIpc) is 3.21. The van der Waals surface area contributed by atoms with Crippen molar-refractivity contribution in [2.45, 2.75) is 6.18 Å². The molecule has 2 amide bonds. The van der Waals surface area contributed by atoms with Crippen molar-refractivity contribution in [2.24, 2.45) is 7.05 Å². The molecule has 2 N–H and O–H groups in total. The van der Waals surface area contributed by atoms with E-state index in [1.165, 1.54) is 18.5 Å². The predicted octanol–water partition coefficient (Wildman–Crippen LogP) is 5.33. The van der Waals surface area contributed by atoms with Gasteiger partial charge >= 0.3 is 12.2 Å². The van der Waals surface area contributed by atoms with Gasteiger partial charge in [-0.25, -0.2) is 14.8 Å². The molecule has 0 unspecified atom stereocenters. The number of carbonyl (C=O) groups is 1. The minimum atomic E-state index is -4.43. The maximum absolute atomic E-state index is 12.6. The van der Waals surface area contributed by atoms with E-state index in [0.717, 1.165) is 17.7 Å². The summed E-state index contributed by atoms with van der Waals surface area (Å²) in [6.07, 6.45) is 0.459. The van der Waals surface area contributed by atoms with Crippen molar-refractivity contribution in [1.82, 2.24) is 19.7 Å². The molecule has 0 spiro atoms. The number of aryl methyl sites for hydroxylation is 1. The lowest BCUT2D eigenvalue weighted by Crippen LogP contribution is -2.19. The van der Waals surface area contributed by atoms with Crippen molar-refractivity contribution >= 4 is 17.4 Å². The monoisotopic (exact) mass is 454 g/mol. The zero-order valence-electron chi connectivity index (χ0n) is 17.2. The average molecular weight is 454 g/mol. The molecule has 2 aromatic carbocycles. The second-order valence-corrected chi connectivity index (χ2v) is 6.92. The number of benzene rings is 2. The number of hydrogen-bond acceptors (Lipinski definition) is 5. The Bertz CT molecular complexity index is 1250. The number of nitrogens with one attached hydrogen (secondary N) is 2. The highest BCUT2D eigenvalue weighted by atomic mass is 19.4. The largest absolute Gasteiger partial charge is 0.439 e. The molecule has 0 aliphatic heterocycles. The van der Waals surface area contributed by atoms with Crippen LogP contribution in [0.4, 0.5) is 29.3 Å². The maximum Gasteiger partial charge on any atom is 0.416 e. The normalized spacial score (nSPS) is 11.2. The summed E-state index contributed by atoms with van der Waals surface area (Å²) in [4.78, 5) is 20.4. The number of hydrogen-bond donors (Lipinski definition) is 2. The highest BCUT2D eigenvalue weighted by molar-refractivity contribution is 5.99. The van der Waals surface area contributed by atoms with Crippen LogP contribution in [0, 0.1) is 0 Å². The van der Waals surface area contributed by atoms with Gasteiger partial charge in [0, 0.05) is 36.2 Å². The molecule has 0 radical (unpaired) electrons. The van der Waals surface area contributed by atoms with E-state index in [1.807, 2.05) is 13.2 Å². The predicted molar refractivity (Wildman–Crippen MR) is 115 cm³/mol. The van der Waals surface area contributed by atoms with Crippen LogP contribution in [-0.4, -0.2) is 25.8 Å². The van der Waals surface area contributed by atoms with Crippen LogP contribution in [0.3, 0.4) is 0 Å². The molecular formula is C22H17F3N6O2. The lowest BCUT2D eigenvalue weighted by atomic mass is 10.2. The van der Waals surface area contributed by atoms with Crippen LogP contribution in [0.2, 0.25) is 0 Å². The Labute approximate surface area is 186 Å². The third-order valence-corrected chi connectivity index (χ3v) is 4.45. The van der Waals surface area contributed by atoms with Crippen molar-refractivity contribution in [2.75, 3.05) is 10.6 Å². The second-order valence-electron chi connectivity index (χ2n) is 6.92. The van der Waals surface area contributed by atoms with E-state index in [9.17, 15) is 18.0 Å². The quantitative estimate of drug-likeness (QED) is 0.425. The Morgan fingerprint density at radius 3 is 2.18 bits per heavy atom. The first-order chi connectivity index (χ1) is 15.8. The number of ether oxygens (including phenoxy) is 1. The van der Waals surface area contributed by atoms with Gasteiger partial charge in [0.15, 0.2) is 0 Å². The standard InChI is InChI=1S/C22H17F3N6O2/c1-31-12-14(11-28-31)19-10-20(27-13-26-19)33-18-8-6-17(7-9-18)30-21(32)29-16-4-2-15(3-5-16)22(23,24)25/h2-13H,1H3,(H2,29,30,32). The van der Waals surface area contributed by atoms with Crippen molar-refractivity contribution in [3.63, 3.8) is 0 Å². The first-order valence-corrected chi connectivity index (χ1v) is 9.60. The Hall–Kier alpha value is -4.41. The molecule has 0 fully saturated rings. The van der Waals surface area contributed by atoms with E-state index in [-0.39, 0.29) is 5.69 Å². The number of rotatable bonds is 5. The zero-order chi connectivity index (χ0) is 23.4. The molecule has 0 bridgehead atoms. The summed E-state index contributed by atoms with van der Waals surface area (Å²) in [5, 5.41) is 9.18. The summed E-state index contributed by atoms with van der Waals surface area (Å²) >= 11 is 0. The lowest BCUT2D eigenvalue weighted by molar-refractivity contribution is -0.137. The summed E-state index contributed by atoms with van der Waals surface area (Å²) in [5.74, 6) is 0.823. The van der Waals surface area contributed by atoms with Crippen LogP contribution < -0.4 is 15.4 Å². The Morgan fingerprint density at radius 2 is 1.61 bits per heavy atom. The molecule has 4 rings (SSSR count). The van der Waals surface area contributed by atoms with E-state index in [1.54, 1.807) is 41.2 Å². The third-order valence-electron chi connectivity index (χ3n) is 4.45. The topological polar surface area (TPSA) is 94.0 Å². The fourth-order valence-electron chi connectivity index (χ4n) is 2.87. The van der Waals surface area contributed by atoms with Gasteiger partial charge in [-0.15, -0.1) is 0 Å². The minimum Gasteiger partial charge on any atom is -0.439 e. The molecule has 2 aromatic heterocycles. The molecule has 4 aromatic rings. The number of halogens is 3. The van der Waals surface area contributed by atoms with Gasteiger partial charge in [-0.05, 0) is 48.5 Å². The molecular weight excluding hydrogens is 437 g/mol. The summed E-state index contributed by atoms with van der Waals surface area (Å²) < 4.78 is 45.3. The highest BCUT2D eigenvalue weighted by Gasteiger charge is 2.29. The third kappa shape index (κ3) is 5.64. The van der Waals surface area contributed by atoms with Crippen molar-refractivity contribution in [1.29, 1.82) is 0 Å². The van der Waals surface area contributed by atoms with Gasteiger partial charge in [0.2, 0.25) is 5.88 Å². The number of alkyl halides is 3. The molecule has 11 heteroatoms. The van der Waals surface area contributed by atoms with Crippen molar-refractivity contribution < 1.29 is 22.7 Å². The summed E-state index contributed by atoms with van der Waals surface area (Å²) in [5.41, 5.74) is 1.38. The van der Waals surface area contributed by atoms with Crippen molar-refractivity contribution in [3.8, 4) is 22.9 Å². The molecule has 8 nitrogen and oxygen atoms in total. The molecule has 0 aliphatic rings. The van der Waals surface area contributed by atoms with Crippen LogP contribution in [0.25, 0.3) is 11.3 Å². The van der Waals surface area contributed by atoms with Gasteiger partial charge in [-0.3, -0.25) is 4.68 Å². The Kier molecular flexibility index (Phi) is 5.94. The second kappa shape index (κ2) is 8.99. The van der Waals surface area contributed by atoms with E-state index in [2.05, 4.69) is 25.7 Å². The molecule has 0 aliphatic carbocycles. The molecule has 2 heterocycles. The Morgan fingerprint density at radius 1 is 0.970 bits per heavy atom. The first-order valence-electron chi connectivity index (χ1n) is 9.60. The smallest absolute Gasteiger partial charge is 0.416 e. The van der Waals surface area contributed by atoms with E-state index in [4.69, 9.17) is 4.74 Å². The summed E-state index contributed by atoms with van der Waals surface area (Å²) in [6.45, 7) is 0. The minimum absolute atomic E-state index is 0.230. The van der Waals surface area contributed by atoms with Crippen LogP contribution >= 0.6 is 0 Å². The number of nitrogens with zero attached hydrogens (tertiary/aromatic N) is 4. The SMILES string of the molecule is Cn1cc(-c2cc(Oc3ccc(NC(=O)Nc4ccc(C(F)(F)F)cc4)cc3)ncn2)cn1. The van der Waals surface area contributed by atoms with Gasteiger partial charge < -0.3 is 15.4 Å². The maximum atomic E-state index is 12.6. The van der Waals surface area contributed by atoms with Crippen molar-refractivity contribution in [3.05, 3.63) is 78.9 Å². The zero-order valence-corrected chi connectivity index (χ0v) is 17.2. The van der Waals surface area contributed by atoms with Gasteiger partial charge in [0.05, 0.1) is 17.5 Å². The summed E-state index contributed by atoms with van der Waals surface area (Å²) in [6, 6.07) is 11.8. The number of urea groups is 1. The summed E-state index contributed by atoms with van der Waals surface area (Å²) in [7, 11) is 1.81. The van der Waals surface area contributed by atoms with Gasteiger partial charge in [-0.2, -0.15) is 18.3 Å².